The third-order valence-corrected chi connectivity index (χ3v) is 7.40. The molecule has 6 aromatic rings. The van der Waals surface area contributed by atoms with Crippen molar-refractivity contribution < 1.29 is 102 Å². The first-order valence-electron chi connectivity index (χ1n) is 12.9. The Hall–Kier alpha value is -0.497. The van der Waals surface area contributed by atoms with E-state index in [2.05, 4.69) is 135 Å². The molecular weight excluding hydrogens is 682 g/mol. The fraction of sp³-hybridized carbons (Fsp3) is 0.250. The third kappa shape index (κ3) is 10.6. The minimum Gasteiger partial charge on any atom is -1.00 e. The first-order chi connectivity index (χ1) is 17.0. The Morgan fingerprint density at radius 1 is 0.333 bits per heavy atom. The zero-order valence-corrected chi connectivity index (χ0v) is 33.0. The van der Waals surface area contributed by atoms with Gasteiger partial charge in [-0.1, -0.05) is 76.4 Å². The van der Waals surface area contributed by atoms with Crippen LogP contribution in [0.2, 0.25) is 0 Å². The topological polar surface area (TPSA) is 0 Å². The van der Waals surface area contributed by atoms with Gasteiger partial charge in [-0.25, -0.2) is 0 Å². The zero-order valence-electron chi connectivity index (χ0n) is 26.1. The van der Waals surface area contributed by atoms with Crippen molar-refractivity contribution in [1.82, 2.24) is 0 Å². The van der Waals surface area contributed by atoms with Crippen LogP contribution in [-0.4, -0.2) is 0 Å². The molecule has 0 heterocycles. The predicted octanol–water partition coefficient (Wildman–Crippen LogP) is 1.46. The molecule has 0 aliphatic heterocycles. The van der Waals surface area contributed by atoms with Crippen LogP contribution in [0.1, 0.15) is 50.1 Å². The predicted molar refractivity (Wildman–Crippen MR) is 161 cm³/mol. The van der Waals surface area contributed by atoms with Crippen molar-refractivity contribution in [2.45, 2.75) is 62.3 Å². The maximum Gasteiger partial charge on any atom is 2.00 e. The van der Waals surface area contributed by atoms with Gasteiger partial charge in [0.1, 0.15) is 0 Å². The number of halogens is 3. The summed E-state index contributed by atoms with van der Waals surface area (Å²) in [5.41, 5.74) is 12.4. The monoisotopic (exact) mass is 720 g/mol. The van der Waals surface area contributed by atoms with Gasteiger partial charge in [0.2, 0.25) is 0 Å². The fourth-order valence-corrected chi connectivity index (χ4v) is 5.20. The molecule has 0 radical (unpaired) electrons. The second kappa shape index (κ2) is 19.8. The summed E-state index contributed by atoms with van der Waals surface area (Å²) in [6, 6.07) is 26.7. The molecule has 216 valence electrons. The van der Waals surface area contributed by atoms with Gasteiger partial charge in [-0.15, -0.1) is 102 Å². The van der Waals surface area contributed by atoms with Crippen molar-refractivity contribution >= 4 is 32.3 Å². The summed E-state index contributed by atoms with van der Waals surface area (Å²) in [5, 5.41) is 8.46. The summed E-state index contributed by atoms with van der Waals surface area (Å²) >= 11 is 0. The minimum absolute atomic E-state index is 0. The molecule has 0 spiro atoms. The SMILES string of the molecule is Cc1cc2c(C)ccc(C)c2[cH-]1.Cc1cc2c(C)ccc(C)c2[cH-]1.Cc1cc2c(C)ccc(C)c2[cH-]1.[Cl-].[Cl-].[Cl-].[Ti+2].[Ti+2].[Ti+2]. The average molecular weight is 722 g/mol. The number of fused-ring (bicyclic) bond motifs is 3. The van der Waals surface area contributed by atoms with E-state index in [1.54, 1.807) is 0 Å². The van der Waals surface area contributed by atoms with Crippen LogP contribution in [0.4, 0.5) is 0 Å². The largest absolute Gasteiger partial charge is 2.00 e. The molecule has 0 fully saturated rings. The molecule has 0 saturated carbocycles. The molecule has 0 amide bonds. The Kier molecular flexibility index (Phi) is 21.6. The molecule has 6 heteroatoms. The van der Waals surface area contributed by atoms with Crippen LogP contribution in [0.5, 0.6) is 0 Å². The van der Waals surface area contributed by atoms with Gasteiger partial charge >= 0.3 is 65.2 Å². The molecule has 6 rings (SSSR count). The smallest absolute Gasteiger partial charge is 1.00 e. The number of rotatable bonds is 0. The van der Waals surface area contributed by atoms with Crippen LogP contribution in [0.25, 0.3) is 32.3 Å². The van der Waals surface area contributed by atoms with E-state index in [1.807, 2.05) is 0 Å². The molecule has 0 aliphatic rings. The number of hydrogen-bond donors (Lipinski definition) is 0. The molecule has 0 unspecified atom stereocenters. The van der Waals surface area contributed by atoms with E-state index in [-0.39, 0.29) is 102 Å². The Morgan fingerprint density at radius 3 is 0.714 bits per heavy atom. The number of benzene rings is 3. The summed E-state index contributed by atoms with van der Waals surface area (Å²) < 4.78 is 0. The van der Waals surface area contributed by atoms with Crippen LogP contribution in [0, 0.1) is 62.3 Å². The fourth-order valence-electron chi connectivity index (χ4n) is 5.20. The van der Waals surface area contributed by atoms with E-state index < -0.39 is 0 Å². The normalized spacial score (nSPS) is 9.36. The quantitative estimate of drug-likeness (QED) is 0.165. The molecule has 0 N–H and O–H groups in total. The third-order valence-electron chi connectivity index (χ3n) is 7.40. The zero-order chi connectivity index (χ0) is 26.1. The van der Waals surface area contributed by atoms with Crippen molar-refractivity contribution in [2.24, 2.45) is 0 Å². The van der Waals surface area contributed by atoms with E-state index in [0.717, 1.165) is 0 Å². The molecule has 0 nitrogen and oxygen atoms in total. The second-order valence-corrected chi connectivity index (χ2v) is 10.7. The van der Waals surface area contributed by atoms with Crippen molar-refractivity contribution in [2.75, 3.05) is 0 Å². The molecule has 0 bridgehead atoms. The molecule has 42 heavy (non-hydrogen) atoms. The summed E-state index contributed by atoms with van der Waals surface area (Å²) in [4.78, 5) is 0. The molecule has 6 aromatic carbocycles. The Bertz CT molecular complexity index is 1370. The van der Waals surface area contributed by atoms with Gasteiger partial charge in [0, 0.05) is 0 Å². The van der Waals surface area contributed by atoms with Crippen molar-refractivity contribution in [3.05, 3.63) is 123 Å². The Morgan fingerprint density at radius 2 is 0.524 bits per heavy atom. The van der Waals surface area contributed by atoms with Gasteiger partial charge in [0.15, 0.2) is 0 Å². The van der Waals surface area contributed by atoms with Gasteiger partial charge < -0.3 is 37.2 Å². The van der Waals surface area contributed by atoms with Crippen LogP contribution < -0.4 is 37.2 Å². The molecule has 0 aliphatic carbocycles. The van der Waals surface area contributed by atoms with Gasteiger partial charge in [0.05, 0.1) is 0 Å². The van der Waals surface area contributed by atoms with Crippen LogP contribution >= 0.6 is 0 Å². The maximum atomic E-state index is 2.26. The average Bonchev–Trinajstić information content (AvgIpc) is 3.54. The van der Waals surface area contributed by atoms with Crippen molar-refractivity contribution in [3.8, 4) is 0 Å². The minimum atomic E-state index is 0. The van der Waals surface area contributed by atoms with Crippen molar-refractivity contribution in [1.29, 1.82) is 0 Å². The Labute approximate surface area is 316 Å². The molecule has 0 atom stereocenters. The second-order valence-electron chi connectivity index (χ2n) is 10.7. The van der Waals surface area contributed by atoms with Gasteiger partial charge in [0.25, 0.3) is 0 Å². The first kappa shape index (κ1) is 45.9. The first-order valence-corrected chi connectivity index (χ1v) is 12.9. The maximum absolute atomic E-state index is 2.26. The molecule has 0 saturated heterocycles. The van der Waals surface area contributed by atoms with Crippen molar-refractivity contribution in [3.63, 3.8) is 0 Å². The summed E-state index contributed by atoms with van der Waals surface area (Å²) in [5.74, 6) is 0. The van der Waals surface area contributed by atoms with E-state index in [4.69, 9.17) is 0 Å². The number of hydrogen-bond acceptors (Lipinski definition) is 0. The number of aryl methyl sites for hydroxylation is 9. The summed E-state index contributed by atoms with van der Waals surface area (Å²) in [6.07, 6.45) is 0. The van der Waals surface area contributed by atoms with Gasteiger partial charge in [-0.05, 0) is 20.8 Å². The molecular formula is C36H39Cl3Ti3. The summed E-state index contributed by atoms with van der Waals surface area (Å²) in [6.45, 7) is 19.5. The standard InChI is InChI=1S/3C12H13.3ClH.3Ti/c3*1-8-6-11-9(2)4-5-10(3)12(11)7-8;;;;;;/h3*4-7H,1-3H3;3*1H;;;/q3*-1;;;;3*+2/p-3. The molecule has 0 aromatic heterocycles. The van der Waals surface area contributed by atoms with Crippen LogP contribution in [0.15, 0.2) is 72.8 Å². The van der Waals surface area contributed by atoms with E-state index >= 15 is 0 Å². The van der Waals surface area contributed by atoms with Gasteiger partial charge in [-0.3, -0.25) is 0 Å². The van der Waals surface area contributed by atoms with Gasteiger partial charge in [-0.2, -0.15) is 18.2 Å². The van der Waals surface area contributed by atoms with Crippen LogP contribution in [-0.2, 0) is 65.2 Å². The summed E-state index contributed by atoms with van der Waals surface area (Å²) in [7, 11) is 0. The van der Waals surface area contributed by atoms with E-state index in [1.165, 1.54) is 82.4 Å². The van der Waals surface area contributed by atoms with E-state index in [0.29, 0.717) is 0 Å². The Balaban J connectivity index is -0.000000507. The van der Waals surface area contributed by atoms with E-state index in [9.17, 15) is 0 Å². The van der Waals surface area contributed by atoms with Crippen LogP contribution in [0.3, 0.4) is 0 Å².